The summed E-state index contributed by atoms with van der Waals surface area (Å²) in [6.45, 7) is 10.2. The number of carbonyl (C=O) groups excluding carboxylic acids is 1. The Morgan fingerprint density at radius 3 is 2.58 bits per heavy atom. The average Bonchev–Trinajstić information content (AvgIpc) is 3.11. The second-order valence-electron chi connectivity index (χ2n) is 5.68. The van der Waals surface area contributed by atoms with E-state index in [4.69, 9.17) is 4.74 Å². The average molecular weight is 262 g/mol. The molecule has 2 heteroatoms. The highest BCUT2D eigenvalue weighted by Crippen LogP contribution is 2.49. The Morgan fingerprint density at radius 1 is 1.37 bits per heavy atom. The van der Waals surface area contributed by atoms with Gasteiger partial charge in [0.1, 0.15) is 0 Å². The highest BCUT2D eigenvalue weighted by molar-refractivity contribution is 5.88. The van der Waals surface area contributed by atoms with E-state index in [0.29, 0.717) is 17.6 Å². The molecule has 1 saturated carbocycles. The van der Waals surface area contributed by atoms with Crippen LogP contribution in [-0.4, -0.2) is 12.6 Å². The lowest BCUT2D eigenvalue weighted by molar-refractivity contribution is -0.138. The van der Waals surface area contributed by atoms with Crippen LogP contribution >= 0.6 is 0 Å². The van der Waals surface area contributed by atoms with Crippen molar-refractivity contribution in [2.24, 2.45) is 5.41 Å². The highest BCUT2D eigenvalue weighted by atomic mass is 16.5. The molecule has 0 saturated heterocycles. The molecule has 1 rings (SSSR count). The molecule has 0 bridgehead atoms. The predicted molar refractivity (Wildman–Crippen MR) is 79.9 cm³/mol. The summed E-state index contributed by atoms with van der Waals surface area (Å²) >= 11 is 0. The van der Waals surface area contributed by atoms with E-state index in [1.807, 2.05) is 25.2 Å². The zero-order valence-electron chi connectivity index (χ0n) is 12.5. The number of hydrogen-bond donors (Lipinski definition) is 0. The maximum atomic E-state index is 11.5. The molecule has 0 aromatic heterocycles. The summed E-state index contributed by atoms with van der Waals surface area (Å²) in [6.07, 6.45) is 12.0. The first-order valence-corrected chi connectivity index (χ1v) is 7.18. The Kier molecular flexibility index (Phi) is 6.07. The molecular formula is C17H26O2. The lowest BCUT2D eigenvalue weighted by atomic mass is 9.98. The molecule has 106 valence electrons. The number of esters is 1. The molecule has 0 spiro atoms. The number of allylic oxidation sites excluding steroid dienone is 4. The van der Waals surface area contributed by atoms with E-state index in [-0.39, 0.29) is 5.97 Å². The van der Waals surface area contributed by atoms with Crippen molar-refractivity contribution < 1.29 is 9.53 Å². The molecule has 2 nitrogen and oxygen atoms in total. The highest BCUT2D eigenvalue weighted by Gasteiger charge is 2.35. The van der Waals surface area contributed by atoms with Gasteiger partial charge < -0.3 is 4.74 Å². The van der Waals surface area contributed by atoms with Crippen LogP contribution in [0.25, 0.3) is 0 Å². The normalized spacial score (nSPS) is 18.1. The Bertz CT molecular complexity index is 384. The van der Waals surface area contributed by atoms with Crippen molar-refractivity contribution in [1.82, 2.24) is 0 Å². The smallest absolute Gasteiger partial charge is 0.333 e. The van der Waals surface area contributed by atoms with Gasteiger partial charge in [-0.3, -0.25) is 0 Å². The molecule has 19 heavy (non-hydrogen) atoms. The fraction of sp³-hybridized carbons (Fsp3) is 0.588. The van der Waals surface area contributed by atoms with Gasteiger partial charge in [0.2, 0.25) is 0 Å². The lowest BCUT2D eigenvalue weighted by Gasteiger charge is -2.07. The van der Waals surface area contributed by atoms with E-state index in [0.717, 1.165) is 6.42 Å². The first-order valence-electron chi connectivity index (χ1n) is 7.18. The van der Waals surface area contributed by atoms with E-state index >= 15 is 0 Å². The zero-order valence-corrected chi connectivity index (χ0v) is 12.5. The Morgan fingerprint density at radius 2 is 2.05 bits per heavy atom. The van der Waals surface area contributed by atoms with Crippen molar-refractivity contribution in [2.75, 3.05) is 6.61 Å². The molecule has 0 aromatic carbocycles. The van der Waals surface area contributed by atoms with Gasteiger partial charge in [-0.25, -0.2) is 4.79 Å². The quantitative estimate of drug-likeness (QED) is 0.363. The fourth-order valence-electron chi connectivity index (χ4n) is 1.98. The summed E-state index contributed by atoms with van der Waals surface area (Å²) in [6, 6.07) is 0. The van der Waals surface area contributed by atoms with Crippen molar-refractivity contribution in [2.45, 2.75) is 52.9 Å². The van der Waals surface area contributed by atoms with Gasteiger partial charge in [0.05, 0.1) is 6.61 Å². The van der Waals surface area contributed by atoms with Crippen LogP contribution in [0.3, 0.4) is 0 Å². The van der Waals surface area contributed by atoms with Gasteiger partial charge in [0.25, 0.3) is 0 Å². The van der Waals surface area contributed by atoms with Gasteiger partial charge in [-0.05, 0) is 56.9 Å². The fourth-order valence-corrected chi connectivity index (χ4v) is 1.98. The third kappa shape index (κ3) is 5.91. The minimum Gasteiger partial charge on any atom is -0.463 e. The molecule has 1 aliphatic carbocycles. The van der Waals surface area contributed by atoms with E-state index < -0.39 is 0 Å². The van der Waals surface area contributed by atoms with Crippen molar-refractivity contribution in [3.63, 3.8) is 0 Å². The third-order valence-corrected chi connectivity index (χ3v) is 3.76. The van der Waals surface area contributed by atoms with Crippen molar-refractivity contribution in [3.05, 3.63) is 36.0 Å². The molecule has 0 aromatic rings. The Labute approximate surface area is 117 Å². The van der Waals surface area contributed by atoms with Gasteiger partial charge in [-0.2, -0.15) is 0 Å². The van der Waals surface area contributed by atoms with Crippen LogP contribution < -0.4 is 0 Å². The van der Waals surface area contributed by atoms with Crippen LogP contribution in [0.2, 0.25) is 0 Å². The first kappa shape index (κ1) is 15.7. The molecular weight excluding hydrogens is 236 g/mol. The van der Waals surface area contributed by atoms with E-state index in [1.165, 1.54) is 31.3 Å². The molecule has 0 aliphatic heterocycles. The standard InChI is InChI=1S/C17H26O2/c1-5-15(8-7-11-17(4)12-13-17)10-9-14(3)16(18)19-6-2/h5,9-10H,1,6-8,11-13H2,2-4H3/b14-9+,15-10+. The van der Waals surface area contributed by atoms with E-state index in [2.05, 4.69) is 13.5 Å². The van der Waals surface area contributed by atoms with Crippen LogP contribution in [0.15, 0.2) is 36.0 Å². The first-order chi connectivity index (χ1) is 9.00. The molecule has 1 fully saturated rings. The molecule has 0 amide bonds. The SMILES string of the molecule is C=C/C(=C\C=C(/C)C(=O)OCC)CCCC1(C)CC1. The van der Waals surface area contributed by atoms with Gasteiger partial charge in [0.15, 0.2) is 0 Å². The summed E-state index contributed by atoms with van der Waals surface area (Å²) in [5.41, 5.74) is 2.44. The minimum atomic E-state index is -0.243. The van der Waals surface area contributed by atoms with Crippen LogP contribution in [0.5, 0.6) is 0 Å². The molecule has 0 atom stereocenters. The molecule has 1 aliphatic rings. The van der Waals surface area contributed by atoms with Crippen LogP contribution in [0.4, 0.5) is 0 Å². The molecule has 0 radical (unpaired) electrons. The topological polar surface area (TPSA) is 26.3 Å². The maximum absolute atomic E-state index is 11.5. The molecule has 0 N–H and O–H groups in total. The summed E-state index contributed by atoms with van der Waals surface area (Å²) in [5, 5.41) is 0. The third-order valence-electron chi connectivity index (χ3n) is 3.76. The van der Waals surface area contributed by atoms with Gasteiger partial charge >= 0.3 is 5.97 Å². The summed E-state index contributed by atoms with van der Waals surface area (Å²) in [5.74, 6) is -0.243. The van der Waals surface area contributed by atoms with Gasteiger partial charge in [-0.1, -0.05) is 31.7 Å². The predicted octanol–water partition coefficient (Wildman–Crippen LogP) is 4.58. The van der Waals surface area contributed by atoms with E-state index in [9.17, 15) is 4.79 Å². The largest absolute Gasteiger partial charge is 0.463 e. The number of carbonyl (C=O) groups is 1. The summed E-state index contributed by atoms with van der Waals surface area (Å²) in [7, 11) is 0. The number of rotatable bonds is 8. The van der Waals surface area contributed by atoms with E-state index in [1.54, 1.807) is 6.92 Å². The molecule has 0 unspecified atom stereocenters. The molecule has 0 heterocycles. The van der Waals surface area contributed by atoms with Crippen LogP contribution in [0.1, 0.15) is 52.9 Å². The van der Waals surface area contributed by atoms with Gasteiger partial charge in [0, 0.05) is 5.57 Å². The van der Waals surface area contributed by atoms with Crippen LogP contribution in [-0.2, 0) is 9.53 Å². The van der Waals surface area contributed by atoms with Crippen molar-refractivity contribution in [3.8, 4) is 0 Å². The maximum Gasteiger partial charge on any atom is 0.333 e. The van der Waals surface area contributed by atoms with Crippen molar-refractivity contribution in [1.29, 1.82) is 0 Å². The monoisotopic (exact) mass is 262 g/mol. The number of hydrogen-bond acceptors (Lipinski definition) is 2. The minimum absolute atomic E-state index is 0.243. The van der Waals surface area contributed by atoms with Crippen LogP contribution in [0, 0.1) is 5.41 Å². The second kappa shape index (κ2) is 7.32. The summed E-state index contributed by atoms with van der Waals surface area (Å²) in [4.78, 5) is 11.5. The van der Waals surface area contributed by atoms with Crippen molar-refractivity contribution >= 4 is 5.97 Å². The Balaban J connectivity index is 2.43. The lowest BCUT2D eigenvalue weighted by Crippen LogP contribution is -2.04. The Hall–Kier alpha value is -1.31. The second-order valence-corrected chi connectivity index (χ2v) is 5.68. The van der Waals surface area contributed by atoms with Gasteiger partial charge in [-0.15, -0.1) is 0 Å². The zero-order chi connectivity index (χ0) is 14.3. The summed E-state index contributed by atoms with van der Waals surface area (Å²) < 4.78 is 4.94. The number of ether oxygens (including phenoxy) is 1.